The molecule has 0 aromatic heterocycles. The van der Waals surface area contributed by atoms with Crippen LogP contribution in [-0.2, 0) is 9.53 Å². The molecule has 6 heteroatoms. The molecule has 0 N–H and O–H groups in total. The average Bonchev–Trinajstić information content (AvgIpc) is 3.16. The predicted octanol–water partition coefficient (Wildman–Crippen LogP) is 2.25. The van der Waals surface area contributed by atoms with Gasteiger partial charge in [-0.3, -0.25) is 9.59 Å². The van der Waals surface area contributed by atoms with Crippen molar-refractivity contribution in [3.63, 3.8) is 0 Å². The van der Waals surface area contributed by atoms with Crippen LogP contribution in [-0.4, -0.2) is 66.6 Å². The van der Waals surface area contributed by atoms with Gasteiger partial charge in [-0.25, -0.2) is 0 Å². The van der Waals surface area contributed by atoms with Crippen LogP contribution in [0.15, 0.2) is 18.2 Å². The van der Waals surface area contributed by atoms with Crippen molar-refractivity contribution in [2.45, 2.75) is 45.8 Å². The van der Waals surface area contributed by atoms with E-state index in [0.717, 1.165) is 24.2 Å². The van der Waals surface area contributed by atoms with E-state index in [1.54, 1.807) is 0 Å². The molecule has 2 aliphatic heterocycles. The summed E-state index contributed by atoms with van der Waals surface area (Å²) in [6.45, 7) is 8.83. The van der Waals surface area contributed by atoms with E-state index in [2.05, 4.69) is 0 Å². The smallest absolute Gasteiger partial charge is 0.253 e. The van der Waals surface area contributed by atoms with Crippen molar-refractivity contribution >= 4 is 11.8 Å². The van der Waals surface area contributed by atoms with Crippen molar-refractivity contribution in [2.75, 3.05) is 32.8 Å². The van der Waals surface area contributed by atoms with Gasteiger partial charge in [-0.1, -0.05) is 0 Å². The molecular weight excluding hydrogens is 332 g/mol. The molecule has 3 rings (SSSR count). The van der Waals surface area contributed by atoms with E-state index < -0.39 is 0 Å². The third-order valence-corrected chi connectivity index (χ3v) is 4.87. The molecule has 2 amide bonds. The zero-order valence-corrected chi connectivity index (χ0v) is 15.9. The Morgan fingerprint density at radius 3 is 2.42 bits per heavy atom. The summed E-state index contributed by atoms with van der Waals surface area (Å²) >= 11 is 0. The highest BCUT2D eigenvalue weighted by Gasteiger charge is 2.31. The number of nitrogens with zero attached hydrogens (tertiary/aromatic N) is 2. The predicted molar refractivity (Wildman–Crippen MR) is 98.4 cm³/mol. The SMILES string of the molecule is Cc1cc(C(=O)N2CCN(C(=O)C3CCCO3)CC2)ccc1OC(C)C. The van der Waals surface area contributed by atoms with Gasteiger partial charge in [0.2, 0.25) is 0 Å². The first-order valence-electron chi connectivity index (χ1n) is 9.42. The summed E-state index contributed by atoms with van der Waals surface area (Å²) in [6, 6.07) is 5.56. The van der Waals surface area contributed by atoms with Gasteiger partial charge < -0.3 is 19.3 Å². The lowest BCUT2D eigenvalue weighted by molar-refractivity contribution is -0.142. The number of rotatable bonds is 4. The maximum atomic E-state index is 12.8. The highest BCUT2D eigenvalue weighted by atomic mass is 16.5. The molecule has 2 heterocycles. The summed E-state index contributed by atoms with van der Waals surface area (Å²) in [7, 11) is 0. The lowest BCUT2D eigenvalue weighted by Gasteiger charge is -2.35. The lowest BCUT2D eigenvalue weighted by Crippen LogP contribution is -2.52. The maximum Gasteiger partial charge on any atom is 0.253 e. The third-order valence-electron chi connectivity index (χ3n) is 4.87. The monoisotopic (exact) mass is 360 g/mol. The molecule has 2 fully saturated rings. The second kappa shape index (κ2) is 8.08. The number of piperazine rings is 1. The average molecular weight is 360 g/mol. The van der Waals surface area contributed by atoms with Gasteiger partial charge in [0.15, 0.2) is 0 Å². The van der Waals surface area contributed by atoms with Crippen molar-refractivity contribution in [1.29, 1.82) is 0 Å². The molecule has 2 aliphatic rings. The number of carbonyl (C=O) groups is 2. The van der Waals surface area contributed by atoms with Crippen molar-refractivity contribution < 1.29 is 19.1 Å². The Hall–Kier alpha value is -2.08. The first-order chi connectivity index (χ1) is 12.5. The van der Waals surface area contributed by atoms with Crippen LogP contribution in [0, 0.1) is 6.92 Å². The quantitative estimate of drug-likeness (QED) is 0.826. The molecule has 1 atom stereocenters. The Balaban J connectivity index is 1.58. The van der Waals surface area contributed by atoms with Crippen LogP contribution in [0.4, 0.5) is 0 Å². The van der Waals surface area contributed by atoms with Crippen molar-refractivity contribution in [3.05, 3.63) is 29.3 Å². The van der Waals surface area contributed by atoms with Crippen LogP contribution in [0.3, 0.4) is 0 Å². The van der Waals surface area contributed by atoms with Gasteiger partial charge in [0, 0.05) is 38.3 Å². The molecule has 0 aliphatic carbocycles. The Labute approximate surface area is 155 Å². The summed E-state index contributed by atoms with van der Waals surface area (Å²) in [5.41, 5.74) is 1.62. The number of hydrogen-bond acceptors (Lipinski definition) is 4. The Bertz CT molecular complexity index is 660. The van der Waals surface area contributed by atoms with E-state index in [9.17, 15) is 9.59 Å². The number of carbonyl (C=O) groups excluding carboxylic acids is 2. The van der Waals surface area contributed by atoms with Gasteiger partial charge in [-0.2, -0.15) is 0 Å². The molecule has 1 aromatic carbocycles. The summed E-state index contributed by atoms with van der Waals surface area (Å²) in [5, 5.41) is 0. The summed E-state index contributed by atoms with van der Waals surface area (Å²) in [6.07, 6.45) is 1.57. The summed E-state index contributed by atoms with van der Waals surface area (Å²) < 4.78 is 11.2. The fourth-order valence-electron chi connectivity index (χ4n) is 3.46. The molecule has 6 nitrogen and oxygen atoms in total. The summed E-state index contributed by atoms with van der Waals surface area (Å²) in [4.78, 5) is 28.8. The van der Waals surface area contributed by atoms with Crippen LogP contribution in [0.25, 0.3) is 0 Å². The lowest BCUT2D eigenvalue weighted by atomic mass is 10.1. The molecule has 2 saturated heterocycles. The number of ether oxygens (including phenoxy) is 2. The van der Waals surface area contributed by atoms with E-state index in [0.29, 0.717) is 38.3 Å². The van der Waals surface area contributed by atoms with Crippen LogP contribution in [0.5, 0.6) is 5.75 Å². The van der Waals surface area contributed by atoms with E-state index in [-0.39, 0.29) is 24.0 Å². The van der Waals surface area contributed by atoms with E-state index in [4.69, 9.17) is 9.47 Å². The molecule has 1 aromatic rings. The van der Waals surface area contributed by atoms with Crippen molar-refractivity contribution in [1.82, 2.24) is 9.80 Å². The summed E-state index contributed by atoms with van der Waals surface area (Å²) in [5.74, 6) is 0.887. The van der Waals surface area contributed by atoms with Gasteiger partial charge in [-0.05, 0) is 57.4 Å². The van der Waals surface area contributed by atoms with Crippen molar-refractivity contribution in [3.8, 4) is 5.75 Å². The Morgan fingerprint density at radius 1 is 1.15 bits per heavy atom. The minimum absolute atomic E-state index is 0.00779. The largest absolute Gasteiger partial charge is 0.491 e. The molecular formula is C20H28N2O4. The van der Waals surface area contributed by atoms with Crippen LogP contribution in [0.2, 0.25) is 0 Å². The topological polar surface area (TPSA) is 59.1 Å². The molecule has 0 bridgehead atoms. The number of amides is 2. The fraction of sp³-hybridized carbons (Fsp3) is 0.600. The minimum atomic E-state index is -0.284. The van der Waals surface area contributed by atoms with E-state index in [1.165, 1.54) is 0 Å². The highest BCUT2D eigenvalue weighted by molar-refractivity contribution is 5.95. The second-order valence-corrected chi connectivity index (χ2v) is 7.27. The fourth-order valence-corrected chi connectivity index (χ4v) is 3.46. The molecule has 1 unspecified atom stereocenters. The second-order valence-electron chi connectivity index (χ2n) is 7.27. The standard InChI is InChI=1S/C20H28N2O4/c1-14(2)26-17-7-6-16(13-15(17)3)19(23)21-8-10-22(11-9-21)20(24)18-5-4-12-25-18/h6-7,13-14,18H,4-5,8-12H2,1-3H3. The highest BCUT2D eigenvalue weighted by Crippen LogP contribution is 2.22. The maximum absolute atomic E-state index is 12.8. The van der Waals surface area contributed by atoms with Crippen LogP contribution in [0.1, 0.15) is 42.6 Å². The van der Waals surface area contributed by atoms with Crippen LogP contribution < -0.4 is 4.74 Å². The number of benzene rings is 1. The number of aryl methyl sites for hydroxylation is 1. The van der Waals surface area contributed by atoms with Gasteiger partial charge >= 0.3 is 0 Å². The molecule has 0 spiro atoms. The Morgan fingerprint density at radius 2 is 1.85 bits per heavy atom. The van der Waals surface area contributed by atoms with Gasteiger partial charge in [0.05, 0.1) is 6.10 Å². The van der Waals surface area contributed by atoms with Gasteiger partial charge in [0.1, 0.15) is 11.9 Å². The zero-order chi connectivity index (χ0) is 18.7. The molecule has 0 radical (unpaired) electrons. The van der Waals surface area contributed by atoms with Crippen LogP contribution >= 0.6 is 0 Å². The first kappa shape index (κ1) is 18.7. The first-order valence-corrected chi connectivity index (χ1v) is 9.42. The normalized spacial score (nSPS) is 20.5. The number of hydrogen-bond donors (Lipinski definition) is 0. The molecule has 26 heavy (non-hydrogen) atoms. The van der Waals surface area contributed by atoms with Gasteiger partial charge in [0.25, 0.3) is 11.8 Å². The molecule has 142 valence electrons. The van der Waals surface area contributed by atoms with E-state index >= 15 is 0 Å². The zero-order valence-electron chi connectivity index (χ0n) is 15.9. The van der Waals surface area contributed by atoms with Gasteiger partial charge in [-0.15, -0.1) is 0 Å². The molecule has 0 saturated carbocycles. The Kier molecular flexibility index (Phi) is 5.81. The third kappa shape index (κ3) is 4.18. The minimum Gasteiger partial charge on any atom is -0.491 e. The van der Waals surface area contributed by atoms with Crippen molar-refractivity contribution in [2.24, 2.45) is 0 Å². The van der Waals surface area contributed by atoms with E-state index in [1.807, 2.05) is 48.8 Å².